The molecule has 0 aromatic carbocycles. The van der Waals surface area contributed by atoms with E-state index in [4.69, 9.17) is 4.42 Å². The first kappa shape index (κ1) is 13.1. The summed E-state index contributed by atoms with van der Waals surface area (Å²) < 4.78 is 5.59. The number of nitrogens with zero attached hydrogens (tertiary/aromatic N) is 2. The lowest BCUT2D eigenvalue weighted by Crippen LogP contribution is -2.57. The molecule has 1 saturated heterocycles. The number of nitrogens with one attached hydrogen (secondary N) is 1. The van der Waals surface area contributed by atoms with Crippen LogP contribution in [0.5, 0.6) is 0 Å². The fourth-order valence-corrected chi connectivity index (χ4v) is 2.25. The van der Waals surface area contributed by atoms with Crippen molar-refractivity contribution in [3.8, 4) is 0 Å². The molecule has 5 nitrogen and oxygen atoms in total. The molecule has 1 aliphatic heterocycles. The summed E-state index contributed by atoms with van der Waals surface area (Å²) in [6.07, 6.45) is 0. The summed E-state index contributed by atoms with van der Waals surface area (Å²) in [5.74, 6) is 1.98. The molecule has 1 aromatic heterocycles. The standard InChI is InChI=1S/C13H21N3O2/c1-10-4-5-11(18-10)9-16-7-6-14-8-12(16)13(17)15(2)3/h4-5,12,14H,6-9H2,1-3H3. The van der Waals surface area contributed by atoms with E-state index in [-0.39, 0.29) is 11.9 Å². The fourth-order valence-electron chi connectivity index (χ4n) is 2.25. The number of carbonyl (C=O) groups excluding carboxylic acids is 1. The summed E-state index contributed by atoms with van der Waals surface area (Å²) in [6, 6.07) is 3.84. The highest BCUT2D eigenvalue weighted by Gasteiger charge is 2.30. The molecule has 1 aromatic rings. The van der Waals surface area contributed by atoms with Gasteiger partial charge < -0.3 is 14.6 Å². The molecule has 2 rings (SSSR count). The van der Waals surface area contributed by atoms with Crippen molar-refractivity contribution in [2.24, 2.45) is 0 Å². The number of hydrogen-bond acceptors (Lipinski definition) is 4. The van der Waals surface area contributed by atoms with Crippen molar-refractivity contribution in [3.63, 3.8) is 0 Å². The van der Waals surface area contributed by atoms with E-state index >= 15 is 0 Å². The summed E-state index contributed by atoms with van der Waals surface area (Å²) >= 11 is 0. The van der Waals surface area contributed by atoms with E-state index in [1.165, 1.54) is 0 Å². The van der Waals surface area contributed by atoms with Gasteiger partial charge in [0.1, 0.15) is 17.6 Å². The van der Waals surface area contributed by atoms with E-state index in [1.54, 1.807) is 19.0 Å². The molecule has 1 amide bonds. The predicted molar refractivity (Wildman–Crippen MR) is 69.2 cm³/mol. The highest BCUT2D eigenvalue weighted by atomic mass is 16.3. The Morgan fingerprint density at radius 2 is 2.33 bits per heavy atom. The molecule has 5 heteroatoms. The maximum absolute atomic E-state index is 12.1. The lowest BCUT2D eigenvalue weighted by atomic mass is 10.1. The quantitative estimate of drug-likeness (QED) is 0.847. The SMILES string of the molecule is Cc1ccc(CN2CCNCC2C(=O)N(C)C)o1. The molecular formula is C13H21N3O2. The molecule has 0 bridgehead atoms. The summed E-state index contributed by atoms with van der Waals surface area (Å²) in [6.45, 7) is 5.11. The maximum atomic E-state index is 12.1. The summed E-state index contributed by atoms with van der Waals surface area (Å²) in [7, 11) is 3.60. The number of carbonyl (C=O) groups is 1. The van der Waals surface area contributed by atoms with Crippen LogP contribution in [0.15, 0.2) is 16.5 Å². The number of rotatable bonds is 3. The van der Waals surface area contributed by atoms with Gasteiger partial charge in [-0.15, -0.1) is 0 Å². The lowest BCUT2D eigenvalue weighted by molar-refractivity contribution is -0.135. The van der Waals surface area contributed by atoms with Crippen LogP contribution in [-0.2, 0) is 11.3 Å². The molecule has 1 aliphatic rings. The molecule has 100 valence electrons. The zero-order valence-corrected chi connectivity index (χ0v) is 11.3. The van der Waals surface area contributed by atoms with Crippen LogP contribution >= 0.6 is 0 Å². The molecular weight excluding hydrogens is 230 g/mol. The topological polar surface area (TPSA) is 48.7 Å². The Morgan fingerprint density at radius 3 is 2.94 bits per heavy atom. The maximum Gasteiger partial charge on any atom is 0.240 e. The van der Waals surface area contributed by atoms with Crippen molar-refractivity contribution in [2.45, 2.75) is 19.5 Å². The van der Waals surface area contributed by atoms with Crippen molar-refractivity contribution in [1.29, 1.82) is 0 Å². The largest absolute Gasteiger partial charge is 0.465 e. The minimum atomic E-state index is -0.0980. The summed E-state index contributed by atoms with van der Waals surface area (Å²) in [4.78, 5) is 15.9. The Bertz CT molecular complexity index is 414. The minimum absolute atomic E-state index is 0.0980. The summed E-state index contributed by atoms with van der Waals surface area (Å²) in [5.41, 5.74) is 0. The highest BCUT2D eigenvalue weighted by molar-refractivity contribution is 5.81. The van der Waals surface area contributed by atoms with Gasteiger partial charge in [-0.2, -0.15) is 0 Å². The Morgan fingerprint density at radius 1 is 1.56 bits per heavy atom. The molecule has 2 heterocycles. The van der Waals surface area contributed by atoms with Crippen LogP contribution in [0, 0.1) is 6.92 Å². The van der Waals surface area contributed by atoms with Crippen molar-refractivity contribution in [1.82, 2.24) is 15.1 Å². The Kier molecular flexibility index (Phi) is 4.04. The van der Waals surface area contributed by atoms with E-state index in [9.17, 15) is 4.79 Å². The van der Waals surface area contributed by atoms with Gasteiger partial charge in [0.05, 0.1) is 6.54 Å². The molecule has 0 saturated carbocycles. The molecule has 0 spiro atoms. The zero-order valence-electron chi connectivity index (χ0n) is 11.3. The monoisotopic (exact) mass is 251 g/mol. The van der Waals surface area contributed by atoms with E-state index in [2.05, 4.69) is 10.2 Å². The van der Waals surface area contributed by atoms with Gasteiger partial charge in [0, 0.05) is 33.7 Å². The molecule has 1 fully saturated rings. The normalized spacial score (nSPS) is 20.9. The van der Waals surface area contributed by atoms with Gasteiger partial charge in [0.25, 0.3) is 0 Å². The zero-order chi connectivity index (χ0) is 13.1. The van der Waals surface area contributed by atoms with E-state index in [0.29, 0.717) is 13.1 Å². The molecule has 1 unspecified atom stereocenters. The number of furan rings is 1. The van der Waals surface area contributed by atoms with Crippen LogP contribution in [0.3, 0.4) is 0 Å². The van der Waals surface area contributed by atoms with Gasteiger partial charge in [-0.1, -0.05) is 0 Å². The molecule has 18 heavy (non-hydrogen) atoms. The third-order valence-electron chi connectivity index (χ3n) is 3.24. The van der Waals surface area contributed by atoms with Crippen molar-refractivity contribution < 1.29 is 9.21 Å². The first-order valence-electron chi connectivity index (χ1n) is 6.29. The van der Waals surface area contributed by atoms with E-state index < -0.39 is 0 Å². The van der Waals surface area contributed by atoms with Crippen LogP contribution in [0.1, 0.15) is 11.5 Å². The van der Waals surface area contributed by atoms with Gasteiger partial charge in [0.15, 0.2) is 0 Å². The van der Waals surface area contributed by atoms with E-state index in [0.717, 1.165) is 24.6 Å². The average Bonchev–Trinajstić information content (AvgIpc) is 2.74. The molecule has 0 aliphatic carbocycles. The van der Waals surface area contributed by atoms with Gasteiger partial charge in [-0.05, 0) is 19.1 Å². The van der Waals surface area contributed by atoms with Gasteiger partial charge >= 0.3 is 0 Å². The number of piperazine rings is 1. The second kappa shape index (κ2) is 5.54. The number of aryl methyl sites for hydroxylation is 1. The number of likely N-dealkylation sites (N-methyl/N-ethyl adjacent to an activating group) is 1. The Balaban J connectivity index is 2.06. The van der Waals surface area contributed by atoms with Crippen LogP contribution in [-0.4, -0.2) is 55.5 Å². The lowest BCUT2D eigenvalue weighted by Gasteiger charge is -2.35. The number of hydrogen-bond donors (Lipinski definition) is 1. The average molecular weight is 251 g/mol. The minimum Gasteiger partial charge on any atom is -0.465 e. The fraction of sp³-hybridized carbons (Fsp3) is 0.615. The van der Waals surface area contributed by atoms with Gasteiger partial charge in [0.2, 0.25) is 5.91 Å². The first-order chi connectivity index (χ1) is 8.58. The summed E-state index contributed by atoms with van der Waals surface area (Å²) in [5, 5.41) is 3.27. The van der Waals surface area contributed by atoms with Crippen molar-refractivity contribution >= 4 is 5.91 Å². The van der Waals surface area contributed by atoms with Crippen molar-refractivity contribution in [3.05, 3.63) is 23.7 Å². The van der Waals surface area contributed by atoms with Crippen LogP contribution in [0.4, 0.5) is 0 Å². The van der Waals surface area contributed by atoms with E-state index in [1.807, 2.05) is 19.1 Å². The molecule has 1 N–H and O–H groups in total. The smallest absolute Gasteiger partial charge is 0.240 e. The van der Waals surface area contributed by atoms with Crippen LogP contribution in [0.2, 0.25) is 0 Å². The van der Waals surface area contributed by atoms with Crippen molar-refractivity contribution in [2.75, 3.05) is 33.7 Å². The van der Waals surface area contributed by atoms with Crippen LogP contribution < -0.4 is 5.32 Å². The molecule has 0 radical (unpaired) electrons. The third kappa shape index (κ3) is 2.91. The Labute approximate surface area is 108 Å². The van der Waals surface area contributed by atoms with Gasteiger partial charge in [-0.3, -0.25) is 9.69 Å². The number of amides is 1. The Hall–Kier alpha value is -1.33. The van der Waals surface area contributed by atoms with Gasteiger partial charge in [-0.25, -0.2) is 0 Å². The first-order valence-corrected chi connectivity index (χ1v) is 6.29. The predicted octanol–water partition coefficient (Wildman–Crippen LogP) is 0.450. The third-order valence-corrected chi connectivity index (χ3v) is 3.24. The highest BCUT2D eigenvalue weighted by Crippen LogP contribution is 2.14. The molecule has 1 atom stereocenters. The second-order valence-corrected chi connectivity index (χ2v) is 4.94. The second-order valence-electron chi connectivity index (χ2n) is 4.94. The van der Waals surface area contributed by atoms with Crippen LogP contribution in [0.25, 0.3) is 0 Å².